The van der Waals surface area contributed by atoms with Crippen molar-refractivity contribution in [2.75, 3.05) is 5.75 Å². The second-order valence-electron chi connectivity index (χ2n) is 1.80. The lowest BCUT2D eigenvalue weighted by Crippen LogP contribution is -1.96. The number of rotatable bonds is 4. The molecule has 4 heteroatoms. The second kappa shape index (κ2) is 4.99. The summed E-state index contributed by atoms with van der Waals surface area (Å²) >= 11 is 0. The topological polar surface area (TPSA) is 37.3 Å². The van der Waals surface area contributed by atoms with Gasteiger partial charge >= 0.3 is 5.97 Å². The normalized spacial score (nSPS) is 10.1. The minimum atomic E-state index is -0.742. The maximum atomic E-state index is 9.95. The van der Waals surface area contributed by atoms with E-state index in [1.807, 2.05) is 13.8 Å². The molecule has 0 fully saturated rings. The van der Waals surface area contributed by atoms with Gasteiger partial charge in [0.2, 0.25) is 0 Å². The highest BCUT2D eigenvalue weighted by atomic mass is 33.1. The molecule has 0 bridgehead atoms. The average Bonchev–Trinajstić information content (AvgIpc) is 1.63. The number of hydrogen-bond acceptors (Lipinski definition) is 3. The Morgan fingerprint density at radius 2 is 2.22 bits per heavy atom. The highest BCUT2D eigenvalue weighted by molar-refractivity contribution is 8.77. The van der Waals surface area contributed by atoms with E-state index in [2.05, 4.69) is 0 Å². The molecule has 0 aliphatic rings. The van der Waals surface area contributed by atoms with Crippen LogP contribution in [0.5, 0.6) is 0 Å². The van der Waals surface area contributed by atoms with E-state index in [4.69, 9.17) is 5.11 Å². The Morgan fingerprint density at radius 1 is 1.67 bits per heavy atom. The maximum Gasteiger partial charge on any atom is 0.314 e. The SMILES string of the molecule is CC(C)SSCC(=O)O. The molecular formula is C5H10O2S2. The molecule has 1 N–H and O–H groups in total. The van der Waals surface area contributed by atoms with Gasteiger partial charge in [0, 0.05) is 5.25 Å². The first kappa shape index (κ1) is 9.17. The minimum Gasteiger partial charge on any atom is -0.481 e. The van der Waals surface area contributed by atoms with Crippen molar-refractivity contribution in [1.29, 1.82) is 0 Å². The van der Waals surface area contributed by atoms with E-state index >= 15 is 0 Å². The van der Waals surface area contributed by atoms with Gasteiger partial charge < -0.3 is 5.11 Å². The van der Waals surface area contributed by atoms with Crippen molar-refractivity contribution in [3.05, 3.63) is 0 Å². The minimum absolute atomic E-state index is 0.197. The van der Waals surface area contributed by atoms with Crippen LogP contribution in [0.1, 0.15) is 13.8 Å². The van der Waals surface area contributed by atoms with Crippen molar-refractivity contribution in [3.8, 4) is 0 Å². The zero-order chi connectivity index (χ0) is 7.28. The lowest BCUT2D eigenvalue weighted by molar-refractivity contribution is -0.133. The summed E-state index contributed by atoms with van der Waals surface area (Å²) < 4.78 is 0. The molecule has 0 heterocycles. The van der Waals surface area contributed by atoms with Crippen LogP contribution in [0, 0.1) is 0 Å². The van der Waals surface area contributed by atoms with Gasteiger partial charge in [-0.15, -0.1) is 0 Å². The molecule has 0 aliphatic carbocycles. The van der Waals surface area contributed by atoms with Gasteiger partial charge in [-0.3, -0.25) is 4.79 Å². The number of carboxylic acid groups (broad SMARTS) is 1. The second-order valence-corrected chi connectivity index (χ2v) is 4.75. The van der Waals surface area contributed by atoms with Gasteiger partial charge in [0.1, 0.15) is 5.75 Å². The standard InChI is InChI=1S/C5H10O2S2/c1-4(2)9-8-3-5(6)7/h4H,3H2,1-2H3,(H,6,7). The van der Waals surface area contributed by atoms with Crippen LogP contribution >= 0.6 is 21.6 Å². The average molecular weight is 166 g/mol. The summed E-state index contributed by atoms with van der Waals surface area (Å²) in [5.41, 5.74) is 0. The van der Waals surface area contributed by atoms with Crippen LogP contribution in [0.15, 0.2) is 0 Å². The molecule has 0 aromatic rings. The van der Waals surface area contributed by atoms with Gasteiger partial charge in [0.05, 0.1) is 0 Å². The summed E-state index contributed by atoms with van der Waals surface area (Å²) in [4.78, 5) is 9.95. The van der Waals surface area contributed by atoms with E-state index in [0.717, 1.165) is 0 Å². The molecule has 54 valence electrons. The Morgan fingerprint density at radius 3 is 2.56 bits per heavy atom. The van der Waals surface area contributed by atoms with Crippen molar-refractivity contribution in [1.82, 2.24) is 0 Å². The number of carboxylic acids is 1. The summed E-state index contributed by atoms with van der Waals surface area (Å²) in [6, 6.07) is 0. The van der Waals surface area contributed by atoms with Crippen LogP contribution in [-0.2, 0) is 4.79 Å². The fourth-order valence-electron chi connectivity index (χ4n) is 0.221. The number of aliphatic carboxylic acids is 1. The summed E-state index contributed by atoms with van der Waals surface area (Å²) in [6.07, 6.45) is 0. The van der Waals surface area contributed by atoms with Crippen molar-refractivity contribution in [3.63, 3.8) is 0 Å². The van der Waals surface area contributed by atoms with Crippen LogP contribution in [0.3, 0.4) is 0 Å². The third-order valence-electron chi connectivity index (χ3n) is 0.443. The zero-order valence-corrected chi connectivity index (χ0v) is 7.09. The molecule has 0 unspecified atom stereocenters. The van der Waals surface area contributed by atoms with Gasteiger partial charge in [-0.2, -0.15) is 0 Å². The molecule has 9 heavy (non-hydrogen) atoms. The molecule has 0 aromatic heterocycles. The predicted octanol–water partition coefficient (Wildman–Crippen LogP) is 1.86. The molecule has 0 amide bonds. The van der Waals surface area contributed by atoms with E-state index < -0.39 is 5.97 Å². The Kier molecular flexibility index (Phi) is 5.09. The third-order valence-corrected chi connectivity index (χ3v) is 3.25. The molecule has 0 atom stereocenters. The van der Waals surface area contributed by atoms with Crippen LogP contribution in [-0.4, -0.2) is 22.1 Å². The third kappa shape index (κ3) is 8.17. The highest BCUT2D eigenvalue weighted by Gasteiger charge is 1.98. The Labute approximate surface area is 62.8 Å². The lowest BCUT2D eigenvalue weighted by Gasteiger charge is -1.99. The van der Waals surface area contributed by atoms with Crippen LogP contribution in [0.2, 0.25) is 0 Å². The van der Waals surface area contributed by atoms with Crippen LogP contribution in [0.4, 0.5) is 0 Å². The van der Waals surface area contributed by atoms with Crippen molar-refractivity contribution < 1.29 is 9.90 Å². The molecule has 2 nitrogen and oxygen atoms in total. The summed E-state index contributed by atoms with van der Waals surface area (Å²) in [5, 5.41) is 8.70. The predicted molar refractivity (Wildman–Crippen MR) is 42.8 cm³/mol. The quantitative estimate of drug-likeness (QED) is 0.647. The maximum absolute atomic E-state index is 9.95. The molecular weight excluding hydrogens is 156 g/mol. The van der Waals surface area contributed by atoms with E-state index in [-0.39, 0.29) is 5.75 Å². The molecule has 0 radical (unpaired) electrons. The first-order valence-electron chi connectivity index (χ1n) is 2.63. The van der Waals surface area contributed by atoms with Gasteiger partial charge in [-0.1, -0.05) is 35.4 Å². The fourth-order valence-corrected chi connectivity index (χ4v) is 1.98. The van der Waals surface area contributed by atoms with Crippen molar-refractivity contribution >= 4 is 27.6 Å². The van der Waals surface area contributed by atoms with E-state index in [0.29, 0.717) is 5.25 Å². The molecule has 0 rings (SSSR count). The van der Waals surface area contributed by atoms with E-state index in [9.17, 15) is 4.79 Å². The fraction of sp³-hybridized carbons (Fsp3) is 0.800. The Balaban J connectivity index is 3.01. The summed E-state index contributed by atoms with van der Waals surface area (Å²) in [6.45, 7) is 4.08. The number of hydrogen-bond donors (Lipinski definition) is 1. The molecule has 0 aromatic carbocycles. The highest BCUT2D eigenvalue weighted by Crippen LogP contribution is 2.25. The smallest absolute Gasteiger partial charge is 0.314 e. The first-order chi connectivity index (χ1) is 4.13. The largest absolute Gasteiger partial charge is 0.481 e. The Hall–Kier alpha value is 0.170. The molecule has 0 aliphatic heterocycles. The first-order valence-corrected chi connectivity index (χ1v) is 5.01. The monoisotopic (exact) mass is 166 g/mol. The zero-order valence-electron chi connectivity index (χ0n) is 5.46. The molecule has 0 spiro atoms. The van der Waals surface area contributed by atoms with Crippen LogP contribution < -0.4 is 0 Å². The number of carbonyl (C=O) groups is 1. The van der Waals surface area contributed by atoms with E-state index in [1.165, 1.54) is 10.8 Å². The van der Waals surface area contributed by atoms with Gasteiger partial charge in [-0.25, -0.2) is 0 Å². The molecule has 0 saturated carbocycles. The van der Waals surface area contributed by atoms with Crippen molar-refractivity contribution in [2.24, 2.45) is 0 Å². The van der Waals surface area contributed by atoms with Gasteiger partial charge in [-0.05, 0) is 0 Å². The lowest BCUT2D eigenvalue weighted by atomic mass is 10.6. The van der Waals surface area contributed by atoms with Gasteiger partial charge in [0.15, 0.2) is 0 Å². The van der Waals surface area contributed by atoms with Crippen LogP contribution in [0.25, 0.3) is 0 Å². The summed E-state index contributed by atoms with van der Waals surface area (Å²) in [7, 11) is 2.98. The van der Waals surface area contributed by atoms with E-state index in [1.54, 1.807) is 10.8 Å². The summed E-state index contributed by atoms with van der Waals surface area (Å²) in [5.74, 6) is -0.545. The van der Waals surface area contributed by atoms with Crippen molar-refractivity contribution in [2.45, 2.75) is 19.1 Å². The molecule has 0 saturated heterocycles. The Bertz CT molecular complexity index is 93.0. The van der Waals surface area contributed by atoms with Gasteiger partial charge in [0.25, 0.3) is 0 Å².